The van der Waals surface area contributed by atoms with Crippen LogP contribution in [0.25, 0.3) is 11.0 Å². The molecule has 0 bridgehead atoms. The van der Waals surface area contributed by atoms with E-state index in [1.807, 2.05) is 29.2 Å². The molecule has 0 N–H and O–H groups in total. The van der Waals surface area contributed by atoms with Gasteiger partial charge in [0.25, 0.3) is 0 Å². The highest BCUT2D eigenvalue weighted by molar-refractivity contribution is 5.97. The SMILES string of the molecule is CCc1ccccc1N1C[C@H](c2nc3ccccc3n2[C@@H](C)c2ccccc2)CC1=O. The number of hydrogen-bond acceptors (Lipinski definition) is 2. The molecule has 5 rings (SSSR count). The number of nitrogens with zero attached hydrogens (tertiary/aromatic N) is 3. The van der Waals surface area contributed by atoms with Crippen LogP contribution in [-0.4, -0.2) is 22.0 Å². The van der Waals surface area contributed by atoms with Crippen LogP contribution in [0, 0.1) is 0 Å². The summed E-state index contributed by atoms with van der Waals surface area (Å²) >= 11 is 0. The standard InChI is InChI=1S/C27H27N3O/c1-3-20-11-7-9-15-24(20)29-18-22(17-26(29)31)27-28-23-14-8-10-16-25(23)30(27)19(2)21-12-5-4-6-13-21/h4-16,19,22H,3,17-18H2,1-2H3/t19-,22+/m0/s1. The van der Waals surface area contributed by atoms with Crippen LogP contribution in [0.2, 0.25) is 0 Å². The lowest BCUT2D eigenvalue weighted by molar-refractivity contribution is -0.117. The second-order valence-corrected chi connectivity index (χ2v) is 8.30. The largest absolute Gasteiger partial charge is 0.320 e. The second-order valence-electron chi connectivity index (χ2n) is 8.30. The van der Waals surface area contributed by atoms with Crippen LogP contribution in [0.5, 0.6) is 0 Å². The number of carbonyl (C=O) groups excluding carboxylic acids is 1. The molecule has 0 spiro atoms. The summed E-state index contributed by atoms with van der Waals surface area (Å²) < 4.78 is 2.33. The number of rotatable bonds is 5. The van der Waals surface area contributed by atoms with Gasteiger partial charge in [0.05, 0.1) is 17.1 Å². The molecule has 2 heterocycles. The van der Waals surface area contributed by atoms with Crippen molar-refractivity contribution < 1.29 is 4.79 Å². The number of aryl methyl sites for hydroxylation is 1. The first-order valence-corrected chi connectivity index (χ1v) is 11.1. The normalized spacial score (nSPS) is 17.4. The van der Waals surface area contributed by atoms with Crippen LogP contribution in [0.1, 0.15) is 49.2 Å². The number of benzene rings is 3. The summed E-state index contributed by atoms with van der Waals surface area (Å²) in [5.41, 5.74) is 5.59. The van der Waals surface area contributed by atoms with Crippen molar-refractivity contribution in [3.8, 4) is 0 Å². The number of aromatic nitrogens is 2. The maximum atomic E-state index is 13.1. The van der Waals surface area contributed by atoms with E-state index in [4.69, 9.17) is 4.98 Å². The van der Waals surface area contributed by atoms with Gasteiger partial charge < -0.3 is 9.47 Å². The topological polar surface area (TPSA) is 38.1 Å². The van der Waals surface area contributed by atoms with Gasteiger partial charge in [0.1, 0.15) is 5.82 Å². The molecule has 0 unspecified atom stereocenters. The smallest absolute Gasteiger partial charge is 0.227 e. The summed E-state index contributed by atoms with van der Waals surface area (Å²) in [7, 11) is 0. The van der Waals surface area contributed by atoms with Crippen molar-refractivity contribution in [1.82, 2.24) is 9.55 Å². The van der Waals surface area contributed by atoms with E-state index in [1.165, 1.54) is 11.1 Å². The van der Waals surface area contributed by atoms with Gasteiger partial charge in [0, 0.05) is 24.6 Å². The highest BCUT2D eigenvalue weighted by Gasteiger charge is 2.36. The third kappa shape index (κ3) is 3.42. The van der Waals surface area contributed by atoms with Crippen LogP contribution < -0.4 is 4.90 Å². The highest BCUT2D eigenvalue weighted by atomic mass is 16.2. The Balaban J connectivity index is 1.57. The molecule has 0 saturated carbocycles. The monoisotopic (exact) mass is 409 g/mol. The fraction of sp³-hybridized carbons (Fsp3) is 0.259. The molecule has 4 nitrogen and oxygen atoms in total. The Bertz CT molecular complexity index is 1230. The molecule has 3 aromatic carbocycles. The van der Waals surface area contributed by atoms with Crippen molar-refractivity contribution in [2.24, 2.45) is 0 Å². The van der Waals surface area contributed by atoms with Crippen LogP contribution in [-0.2, 0) is 11.2 Å². The average molecular weight is 410 g/mol. The molecule has 156 valence electrons. The first kappa shape index (κ1) is 19.6. The second kappa shape index (κ2) is 8.03. The van der Waals surface area contributed by atoms with Crippen molar-refractivity contribution in [2.45, 2.75) is 38.6 Å². The average Bonchev–Trinajstić information content (AvgIpc) is 3.39. The molecule has 1 fully saturated rings. The lowest BCUT2D eigenvalue weighted by Crippen LogP contribution is -2.25. The molecule has 4 heteroatoms. The number of imidazole rings is 1. The highest BCUT2D eigenvalue weighted by Crippen LogP contribution is 2.37. The zero-order valence-corrected chi connectivity index (χ0v) is 18.0. The van der Waals surface area contributed by atoms with Crippen molar-refractivity contribution in [1.29, 1.82) is 0 Å². The summed E-state index contributed by atoms with van der Waals surface area (Å²) in [5, 5.41) is 0. The van der Waals surface area contributed by atoms with Crippen LogP contribution in [0.4, 0.5) is 5.69 Å². The number of hydrogen-bond donors (Lipinski definition) is 0. The Hall–Kier alpha value is -3.40. The van der Waals surface area contributed by atoms with Crippen molar-refractivity contribution in [3.05, 3.63) is 95.8 Å². The lowest BCUT2D eigenvalue weighted by Gasteiger charge is -2.22. The zero-order valence-electron chi connectivity index (χ0n) is 18.0. The zero-order chi connectivity index (χ0) is 21.4. The van der Waals surface area contributed by atoms with E-state index >= 15 is 0 Å². The minimum Gasteiger partial charge on any atom is -0.320 e. The van der Waals surface area contributed by atoms with Gasteiger partial charge in [-0.2, -0.15) is 0 Å². The van der Waals surface area contributed by atoms with Gasteiger partial charge in [0.2, 0.25) is 5.91 Å². The quantitative estimate of drug-likeness (QED) is 0.422. The Labute approximate surface area is 183 Å². The summed E-state index contributed by atoms with van der Waals surface area (Å²) in [5.74, 6) is 1.25. The Morgan fingerprint density at radius 1 is 0.968 bits per heavy atom. The van der Waals surface area contributed by atoms with Gasteiger partial charge in [-0.15, -0.1) is 0 Å². The van der Waals surface area contributed by atoms with Crippen LogP contribution in [0.15, 0.2) is 78.9 Å². The van der Waals surface area contributed by atoms with Gasteiger partial charge >= 0.3 is 0 Å². The third-order valence-corrected chi connectivity index (χ3v) is 6.45. The molecular formula is C27H27N3O. The summed E-state index contributed by atoms with van der Waals surface area (Å²) in [6, 6.07) is 27.2. The molecule has 31 heavy (non-hydrogen) atoms. The van der Waals surface area contributed by atoms with Gasteiger partial charge in [-0.1, -0.05) is 67.6 Å². The van der Waals surface area contributed by atoms with Crippen LogP contribution >= 0.6 is 0 Å². The van der Waals surface area contributed by atoms with Crippen molar-refractivity contribution >= 4 is 22.6 Å². The number of para-hydroxylation sites is 3. The van der Waals surface area contributed by atoms with Gasteiger partial charge in [-0.25, -0.2) is 4.98 Å². The molecule has 1 amide bonds. The maximum absolute atomic E-state index is 13.1. The summed E-state index contributed by atoms with van der Waals surface area (Å²) in [4.78, 5) is 20.1. The van der Waals surface area contributed by atoms with Crippen LogP contribution in [0.3, 0.4) is 0 Å². The van der Waals surface area contributed by atoms with Gasteiger partial charge in [0.15, 0.2) is 0 Å². The minimum atomic E-state index is 0.0657. The first-order chi connectivity index (χ1) is 15.2. The maximum Gasteiger partial charge on any atom is 0.227 e. The number of carbonyl (C=O) groups is 1. The fourth-order valence-corrected chi connectivity index (χ4v) is 4.83. The van der Waals surface area contributed by atoms with Gasteiger partial charge in [-0.05, 0) is 42.7 Å². The minimum absolute atomic E-state index is 0.0657. The molecular weight excluding hydrogens is 382 g/mol. The third-order valence-electron chi connectivity index (χ3n) is 6.45. The van der Waals surface area contributed by atoms with Crippen molar-refractivity contribution in [3.63, 3.8) is 0 Å². The van der Waals surface area contributed by atoms with Crippen molar-refractivity contribution in [2.75, 3.05) is 11.4 Å². The lowest BCUT2D eigenvalue weighted by atomic mass is 10.0. The molecule has 0 aliphatic carbocycles. The molecule has 4 aromatic rings. The molecule has 0 radical (unpaired) electrons. The van der Waals surface area contributed by atoms with E-state index in [1.54, 1.807) is 0 Å². The number of anilines is 1. The van der Waals surface area contributed by atoms with E-state index in [9.17, 15) is 4.79 Å². The predicted molar refractivity (Wildman–Crippen MR) is 126 cm³/mol. The Morgan fingerprint density at radius 2 is 1.68 bits per heavy atom. The number of fused-ring (bicyclic) bond motifs is 1. The molecule has 1 saturated heterocycles. The first-order valence-electron chi connectivity index (χ1n) is 11.1. The van der Waals surface area contributed by atoms with E-state index in [2.05, 4.69) is 73.0 Å². The Kier molecular flexibility index (Phi) is 5.06. The van der Waals surface area contributed by atoms with E-state index in [-0.39, 0.29) is 17.9 Å². The molecule has 1 aromatic heterocycles. The summed E-state index contributed by atoms with van der Waals surface area (Å²) in [6.07, 6.45) is 1.40. The fourth-order valence-electron chi connectivity index (χ4n) is 4.83. The molecule has 1 aliphatic rings. The summed E-state index contributed by atoms with van der Waals surface area (Å²) in [6.45, 7) is 5.02. The molecule has 1 aliphatic heterocycles. The predicted octanol–water partition coefficient (Wildman–Crippen LogP) is 5.73. The van der Waals surface area contributed by atoms with Gasteiger partial charge in [-0.3, -0.25) is 4.79 Å². The number of amides is 1. The molecule has 2 atom stereocenters. The Morgan fingerprint density at radius 3 is 2.48 bits per heavy atom. The van der Waals surface area contributed by atoms with E-state index in [0.29, 0.717) is 13.0 Å². The van der Waals surface area contributed by atoms with E-state index in [0.717, 1.165) is 29.0 Å². The van der Waals surface area contributed by atoms with E-state index < -0.39 is 0 Å².